The van der Waals surface area contributed by atoms with Crippen LogP contribution in [-0.4, -0.2) is 72.9 Å². The zero-order chi connectivity index (χ0) is 21.8. The SMILES string of the molecule is CN(c1ccc(-c2ccc(-n3cnnc3)cc2O)nn1)[C@H]1C[C@]2(C)C=C[C@H]([C@H]1F)N2C. The summed E-state index contributed by atoms with van der Waals surface area (Å²) < 4.78 is 16.9. The van der Waals surface area contributed by atoms with E-state index >= 15 is 4.39 Å². The molecule has 1 N–H and O–H groups in total. The predicted octanol–water partition coefficient (Wildman–Crippen LogP) is 2.61. The van der Waals surface area contributed by atoms with Crippen molar-refractivity contribution in [3.8, 4) is 22.7 Å². The number of benzene rings is 1. The van der Waals surface area contributed by atoms with Gasteiger partial charge in [-0.15, -0.1) is 20.4 Å². The summed E-state index contributed by atoms with van der Waals surface area (Å²) in [7, 11) is 3.84. The molecule has 5 rings (SSSR count). The summed E-state index contributed by atoms with van der Waals surface area (Å²) in [6, 6.07) is 8.33. The molecule has 0 spiro atoms. The van der Waals surface area contributed by atoms with Gasteiger partial charge in [0.1, 0.15) is 24.6 Å². The van der Waals surface area contributed by atoms with Crippen LogP contribution in [0.2, 0.25) is 0 Å². The van der Waals surface area contributed by atoms with E-state index in [1.807, 2.05) is 37.2 Å². The van der Waals surface area contributed by atoms with Crippen molar-refractivity contribution >= 4 is 5.82 Å². The quantitative estimate of drug-likeness (QED) is 0.649. The Hall–Kier alpha value is -3.33. The van der Waals surface area contributed by atoms with Crippen LogP contribution in [0.4, 0.5) is 10.2 Å². The molecule has 160 valence electrons. The third-order valence-electron chi connectivity index (χ3n) is 6.71. The first-order chi connectivity index (χ1) is 14.9. The molecule has 3 aromatic rings. The fourth-order valence-corrected chi connectivity index (χ4v) is 4.60. The highest BCUT2D eigenvalue weighted by Gasteiger charge is 2.50. The summed E-state index contributed by atoms with van der Waals surface area (Å²) in [4.78, 5) is 3.98. The lowest BCUT2D eigenvalue weighted by molar-refractivity contribution is 0.0354. The molecule has 0 radical (unpaired) electrons. The Labute approximate surface area is 179 Å². The number of aromatic hydroxyl groups is 1. The van der Waals surface area contributed by atoms with Crippen molar-refractivity contribution in [1.82, 2.24) is 29.9 Å². The summed E-state index contributed by atoms with van der Waals surface area (Å²) in [6.07, 6.45) is 6.85. The van der Waals surface area contributed by atoms with E-state index in [0.717, 1.165) is 5.69 Å². The number of phenols is 1. The minimum atomic E-state index is -1.02. The Bertz CT molecular complexity index is 1120. The number of phenolic OH excluding ortho intramolecular Hbond substituents is 1. The van der Waals surface area contributed by atoms with Crippen molar-refractivity contribution in [2.24, 2.45) is 0 Å². The number of anilines is 1. The highest BCUT2D eigenvalue weighted by atomic mass is 19.1. The van der Waals surface area contributed by atoms with Crippen LogP contribution in [0.15, 0.2) is 55.1 Å². The molecule has 4 heterocycles. The minimum Gasteiger partial charge on any atom is -0.507 e. The smallest absolute Gasteiger partial charge is 0.151 e. The fraction of sp³-hybridized carbons (Fsp3) is 0.364. The highest BCUT2D eigenvalue weighted by molar-refractivity contribution is 5.69. The first-order valence-electron chi connectivity index (χ1n) is 10.2. The molecule has 2 aliphatic rings. The van der Waals surface area contributed by atoms with Gasteiger partial charge in [-0.2, -0.15) is 0 Å². The lowest BCUT2D eigenvalue weighted by Crippen LogP contribution is -2.61. The van der Waals surface area contributed by atoms with Gasteiger partial charge in [0.2, 0.25) is 0 Å². The summed E-state index contributed by atoms with van der Waals surface area (Å²) in [6.45, 7) is 2.14. The number of nitrogens with zero attached hydrogens (tertiary/aromatic N) is 7. The van der Waals surface area contributed by atoms with Crippen LogP contribution >= 0.6 is 0 Å². The van der Waals surface area contributed by atoms with Gasteiger partial charge in [0.15, 0.2) is 5.82 Å². The van der Waals surface area contributed by atoms with E-state index in [4.69, 9.17) is 0 Å². The molecule has 2 aliphatic heterocycles. The number of alkyl halides is 1. The maximum atomic E-state index is 15.2. The summed E-state index contributed by atoms with van der Waals surface area (Å²) in [5.74, 6) is 0.681. The van der Waals surface area contributed by atoms with Gasteiger partial charge >= 0.3 is 0 Å². The Morgan fingerprint density at radius 1 is 1.16 bits per heavy atom. The maximum Gasteiger partial charge on any atom is 0.151 e. The third kappa shape index (κ3) is 3.16. The number of fused-ring (bicyclic) bond motifs is 2. The second kappa shape index (κ2) is 7.12. The monoisotopic (exact) mass is 421 g/mol. The molecule has 0 unspecified atom stereocenters. The van der Waals surface area contributed by atoms with Crippen LogP contribution in [0.3, 0.4) is 0 Å². The fourth-order valence-electron chi connectivity index (χ4n) is 4.60. The number of piperidine rings is 1. The van der Waals surface area contributed by atoms with Crippen LogP contribution in [0.5, 0.6) is 5.75 Å². The summed E-state index contributed by atoms with van der Waals surface area (Å²) in [5.41, 5.74) is 1.69. The van der Waals surface area contributed by atoms with Gasteiger partial charge in [0.05, 0.1) is 23.5 Å². The first kappa shape index (κ1) is 19.6. The van der Waals surface area contributed by atoms with E-state index in [9.17, 15) is 5.11 Å². The second-order valence-electron chi connectivity index (χ2n) is 8.49. The minimum absolute atomic E-state index is 0.0799. The molecular weight excluding hydrogens is 397 g/mol. The maximum absolute atomic E-state index is 15.2. The molecule has 4 atom stereocenters. The molecule has 1 saturated heterocycles. The molecule has 1 fully saturated rings. The number of hydrogen-bond donors (Lipinski definition) is 1. The van der Waals surface area contributed by atoms with E-state index in [1.54, 1.807) is 35.4 Å². The van der Waals surface area contributed by atoms with Gasteiger partial charge in [-0.05, 0) is 44.7 Å². The predicted molar refractivity (Wildman–Crippen MR) is 115 cm³/mol. The molecule has 2 bridgehead atoms. The molecular formula is C22H24FN7O. The van der Waals surface area contributed by atoms with E-state index in [1.165, 1.54) is 0 Å². The van der Waals surface area contributed by atoms with Crippen LogP contribution < -0.4 is 4.90 Å². The number of likely N-dealkylation sites (N-methyl/N-ethyl adjacent to an activating group) is 1. The van der Waals surface area contributed by atoms with Gasteiger partial charge in [0.25, 0.3) is 0 Å². The van der Waals surface area contributed by atoms with E-state index < -0.39 is 6.17 Å². The molecule has 0 saturated carbocycles. The molecule has 0 amide bonds. The van der Waals surface area contributed by atoms with Gasteiger partial charge in [-0.25, -0.2) is 4.39 Å². The lowest BCUT2D eigenvalue weighted by Gasteiger charge is -2.48. The first-order valence-corrected chi connectivity index (χ1v) is 10.2. The Morgan fingerprint density at radius 3 is 2.61 bits per heavy atom. The average Bonchev–Trinajstić information content (AvgIpc) is 3.37. The van der Waals surface area contributed by atoms with Crippen molar-refractivity contribution in [2.45, 2.75) is 37.1 Å². The third-order valence-corrected chi connectivity index (χ3v) is 6.71. The molecule has 2 aromatic heterocycles. The van der Waals surface area contributed by atoms with Crippen molar-refractivity contribution in [3.63, 3.8) is 0 Å². The standard InChI is InChI=1S/C22H24FN7O/c1-22-9-8-17(29(22)3)21(23)18(11-22)28(2)20-7-6-16(26-27-20)15-5-4-14(10-19(15)31)30-12-24-25-13-30/h4-10,12-13,17-18,21,31H,11H2,1-3H3/t17-,18+,21-,22+/m1/s1. The van der Waals surface area contributed by atoms with E-state index in [0.29, 0.717) is 23.5 Å². The van der Waals surface area contributed by atoms with Crippen molar-refractivity contribution in [3.05, 3.63) is 55.1 Å². The Kier molecular flexibility index (Phi) is 4.51. The van der Waals surface area contributed by atoms with Gasteiger partial charge in [0, 0.05) is 24.2 Å². The van der Waals surface area contributed by atoms with Crippen LogP contribution in [0, 0.1) is 0 Å². The normalized spacial score (nSPS) is 27.5. The summed E-state index contributed by atoms with van der Waals surface area (Å²) >= 11 is 0. The van der Waals surface area contributed by atoms with Crippen LogP contribution in [0.25, 0.3) is 16.9 Å². The zero-order valence-corrected chi connectivity index (χ0v) is 17.6. The van der Waals surface area contributed by atoms with E-state index in [2.05, 4.69) is 38.3 Å². The molecule has 31 heavy (non-hydrogen) atoms. The van der Waals surface area contributed by atoms with Crippen molar-refractivity contribution in [1.29, 1.82) is 0 Å². The number of rotatable bonds is 4. The molecule has 1 aromatic carbocycles. The zero-order valence-electron chi connectivity index (χ0n) is 17.6. The van der Waals surface area contributed by atoms with Crippen LogP contribution in [-0.2, 0) is 0 Å². The van der Waals surface area contributed by atoms with E-state index in [-0.39, 0.29) is 23.4 Å². The molecule has 8 nitrogen and oxygen atoms in total. The average molecular weight is 421 g/mol. The topological polar surface area (TPSA) is 83.2 Å². The molecule has 9 heteroatoms. The number of hydrogen-bond acceptors (Lipinski definition) is 7. The Balaban J connectivity index is 1.37. The van der Waals surface area contributed by atoms with Crippen LogP contribution in [0.1, 0.15) is 13.3 Å². The largest absolute Gasteiger partial charge is 0.507 e. The van der Waals surface area contributed by atoms with Crippen molar-refractivity contribution in [2.75, 3.05) is 19.0 Å². The van der Waals surface area contributed by atoms with Crippen molar-refractivity contribution < 1.29 is 9.50 Å². The highest BCUT2D eigenvalue weighted by Crippen LogP contribution is 2.41. The summed E-state index contributed by atoms with van der Waals surface area (Å²) in [5, 5.41) is 26.7. The lowest BCUT2D eigenvalue weighted by atomic mass is 9.85. The number of halogens is 1. The second-order valence-corrected chi connectivity index (χ2v) is 8.49. The Morgan fingerprint density at radius 2 is 1.94 bits per heavy atom. The van der Waals surface area contributed by atoms with Gasteiger partial charge < -0.3 is 10.0 Å². The number of aromatic nitrogens is 5. The van der Waals surface area contributed by atoms with Gasteiger partial charge in [-0.3, -0.25) is 9.47 Å². The van der Waals surface area contributed by atoms with Gasteiger partial charge in [-0.1, -0.05) is 12.2 Å². The molecule has 0 aliphatic carbocycles.